The number of nitrogens with zero attached hydrogens (tertiary/aromatic N) is 7. The summed E-state index contributed by atoms with van der Waals surface area (Å²) in [7, 11) is 2.22. The first-order valence-corrected chi connectivity index (χ1v) is 16.6. The topological polar surface area (TPSA) is 101 Å². The molecule has 228 valence electrons. The van der Waals surface area contributed by atoms with Crippen LogP contribution in [0.3, 0.4) is 0 Å². The molecule has 5 aromatic rings. The van der Waals surface area contributed by atoms with Gasteiger partial charge in [0.2, 0.25) is 0 Å². The van der Waals surface area contributed by atoms with E-state index in [1.807, 2.05) is 0 Å². The standard InChI is InChI=1S/C34H41N9S/c1-4-28-30(24-7-5-6-22(2)20-24)39-34(44-28)38-25-10-8-23(9-11-25)31-29-32(35)36-21-37-33(29)43(40-31)27-14-12-26(13-15-27)42-18-16-41(3)17-19-42/h5-11,20-21,26-27H,4,12-19H2,1-3H3,(H,38,39)(H2,35,36,37)/t26-,27+. The molecule has 9 nitrogen and oxygen atoms in total. The van der Waals surface area contributed by atoms with Gasteiger partial charge in [-0.2, -0.15) is 5.10 Å². The van der Waals surface area contributed by atoms with Gasteiger partial charge < -0.3 is 16.0 Å². The van der Waals surface area contributed by atoms with Gasteiger partial charge in [-0.3, -0.25) is 4.90 Å². The summed E-state index contributed by atoms with van der Waals surface area (Å²) in [5.41, 5.74) is 13.6. The summed E-state index contributed by atoms with van der Waals surface area (Å²) < 4.78 is 2.13. The number of piperazine rings is 1. The largest absolute Gasteiger partial charge is 0.383 e. The average Bonchev–Trinajstić information content (AvgIpc) is 3.64. The number of aryl methyl sites for hydroxylation is 2. The van der Waals surface area contributed by atoms with Crippen LogP contribution in [0.1, 0.15) is 49.1 Å². The van der Waals surface area contributed by atoms with Crippen LogP contribution in [0, 0.1) is 6.92 Å². The summed E-state index contributed by atoms with van der Waals surface area (Å²) in [5, 5.41) is 10.4. The summed E-state index contributed by atoms with van der Waals surface area (Å²) >= 11 is 1.71. The number of fused-ring (bicyclic) bond motifs is 1. The second-order valence-corrected chi connectivity index (χ2v) is 13.4. The third kappa shape index (κ3) is 5.69. The molecular weight excluding hydrogens is 567 g/mol. The molecule has 2 fully saturated rings. The Labute approximate surface area is 263 Å². The van der Waals surface area contributed by atoms with E-state index in [1.165, 1.54) is 36.4 Å². The van der Waals surface area contributed by atoms with Crippen LogP contribution in [0.5, 0.6) is 0 Å². The van der Waals surface area contributed by atoms with Crippen molar-refractivity contribution in [3.63, 3.8) is 0 Å². The van der Waals surface area contributed by atoms with Crippen LogP contribution in [0.2, 0.25) is 0 Å². The van der Waals surface area contributed by atoms with E-state index < -0.39 is 0 Å². The zero-order valence-electron chi connectivity index (χ0n) is 25.8. The van der Waals surface area contributed by atoms with Crippen LogP contribution in [0.25, 0.3) is 33.5 Å². The molecule has 3 aromatic heterocycles. The van der Waals surface area contributed by atoms with Gasteiger partial charge in [0.05, 0.1) is 17.1 Å². The molecule has 0 bridgehead atoms. The monoisotopic (exact) mass is 607 g/mol. The highest BCUT2D eigenvalue weighted by atomic mass is 32.1. The molecule has 0 unspecified atom stereocenters. The van der Waals surface area contributed by atoms with E-state index in [1.54, 1.807) is 17.7 Å². The number of aromatic nitrogens is 5. The van der Waals surface area contributed by atoms with Crippen molar-refractivity contribution in [2.45, 2.75) is 58.0 Å². The molecular formula is C34H41N9S. The maximum absolute atomic E-state index is 6.45. The number of thiazole rings is 1. The minimum absolute atomic E-state index is 0.311. The van der Waals surface area contributed by atoms with E-state index >= 15 is 0 Å². The Morgan fingerprint density at radius 2 is 1.66 bits per heavy atom. The van der Waals surface area contributed by atoms with Crippen molar-refractivity contribution in [1.82, 2.24) is 34.5 Å². The fourth-order valence-corrected chi connectivity index (χ4v) is 7.75. The lowest BCUT2D eigenvalue weighted by atomic mass is 9.90. The lowest BCUT2D eigenvalue weighted by Gasteiger charge is -2.41. The van der Waals surface area contributed by atoms with Crippen LogP contribution in [-0.2, 0) is 6.42 Å². The number of nitrogens with one attached hydrogen (secondary N) is 1. The molecule has 0 atom stereocenters. The molecule has 2 aliphatic rings. The molecule has 1 aliphatic carbocycles. The highest BCUT2D eigenvalue weighted by molar-refractivity contribution is 7.16. The van der Waals surface area contributed by atoms with Crippen molar-refractivity contribution in [3.8, 4) is 22.5 Å². The van der Waals surface area contributed by atoms with Crippen molar-refractivity contribution in [2.24, 2.45) is 0 Å². The Kier molecular flexibility index (Phi) is 8.05. The smallest absolute Gasteiger partial charge is 0.187 e. The zero-order valence-corrected chi connectivity index (χ0v) is 26.6. The number of rotatable bonds is 7. The van der Waals surface area contributed by atoms with Gasteiger partial charge >= 0.3 is 0 Å². The number of anilines is 3. The van der Waals surface area contributed by atoms with Gasteiger partial charge in [-0.05, 0) is 64.3 Å². The molecule has 7 rings (SSSR count). The average molecular weight is 608 g/mol. The van der Waals surface area contributed by atoms with Crippen molar-refractivity contribution >= 4 is 39.0 Å². The van der Waals surface area contributed by atoms with Crippen LogP contribution < -0.4 is 11.1 Å². The van der Waals surface area contributed by atoms with Crippen molar-refractivity contribution in [3.05, 3.63) is 65.3 Å². The Balaban J connectivity index is 1.11. The second kappa shape index (κ2) is 12.3. The highest BCUT2D eigenvalue weighted by Crippen LogP contribution is 2.38. The summed E-state index contributed by atoms with van der Waals surface area (Å²) in [6, 6.07) is 17.9. The first-order chi connectivity index (χ1) is 21.5. The quantitative estimate of drug-likeness (QED) is 0.215. The van der Waals surface area contributed by atoms with E-state index in [-0.39, 0.29) is 0 Å². The van der Waals surface area contributed by atoms with Crippen LogP contribution in [0.15, 0.2) is 54.9 Å². The minimum Gasteiger partial charge on any atom is -0.383 e. The summed E-state index contributed by atoms with van der Waals surface area (Å²) in [5.74, 6) is 0.475. The Hall–Kier alpha value is -3.86. The molecule has 1 saturated carbocycles. The van der Waals surface area contributed by atoms with Crippen molar-refractivity contribution < 1.29 is 0 Å². The Bertz CT molecular complexity index is 1740. The molecule has 44 heavy (non-hydrogen) atoms. The summed E-state index contributed by atoms with van der Waals surface area (Å²) in [4.78, 5) is 20.4. The summed E-state index contributed by atoms with van der Waals surface area (Å²) in [6.45, 7) is 8.97. The normalized spacial score (nSPS) is 19.9. The van der Waals surface area contributed by atoms with E-state index in [2.05, 4.69) is 99.2 Å². The Morgan fingerprint density at radius 1 is 0.909 bits per heavy atom. The van der Waals surface area contributed by atoms with E-state index in [4.69, 9.17) is 15.8 Å². The third-order valence-corrected chi connectivity index (χ3v) is 10.4. The van der Waals surface area contributed by atoms with Gasteiger partial charge in [0.1, 0.15) is 17.8 Å². The Morgan fingerprint density at radius 3 is 2.39 bits per heavy atom. The SMILES string of the molecule is CCc1sc(Nc2ccc(-c3nn([C@H]4CC[C@@H](N5CCN(C)CC5)CC4)c4ncnc(N)c34)cc2)nc1-c1cccc(C)c1. The second-order valence-electron chi connectivity index (χ2n) is 12.3. The van der Waals surface area contributed by atoms with Crippen LogP contribution >= 0.6 is 11.3 Å². The molecule has 0 spiro atoms. The third-order valence-electron chi connectivity index (χ3n) is 9.30. The van der Waals surface area contributed by atoms with E-state index in [0.29, 0.717) is 17.9 Å². The molecule has 0 radical (unpaired) electrons. The molecule has 1 saturated heterocycles. The van der Waals surface area contributed by atoms with Gasteiger partial charge in [-0.15, -0.1) is 11.3 Å². The van der Waals surface area contributed by atoms with Gasteiger partial charge in [0.25, 0.3) is 0 Å². The first kappa shape index (κ1) is 28.9. The number of likely N-dealkylation sites (N-methyl/N-ethyl adjacent to an activating group) is 1. The van der Waals surface area contributed by atoms with Crippen LogP contribution in [-0.4, -0.2) is 73.8 Å². The maximum Gasteiger partial charge on any atom is 0.187 e. The fourth-order valence-electron chi connectivity index (χ4n) is 6.80. The predicted molar refractivity (Wildman–Crippen MR) is 180 cm³/mol. The zero-order chi connectivity index (χ0) is 30.2. The molecule has 0 amide bonds. The van der Waals surface area contributed by atoms with Gasteiger partial charge in [0.15, 0.2) is 10.8 Å². The van der Waals surface area contributed by atoms with Crippen molar-refractivity contribution in [1.29, 1.82) is 0 Å². The molecule has 2 aromatic carbocycles. The number of hydrogen-bond donors (Lipinski definition) is 2. The number of hydrogen-bond acceptors (Lipinski definition) is 9. The number of nitrogens with two attached hydrogens (primary N) is 1. The van der Waals surface area contributed by atoms with Gasteiger partial charge in [-0.1, -0.05) is 42.8 Å². The van der Waals surface area contributed by atoms with Crippen molar-refractivity contribution in [2.75, 3.05) is 44.3 Å². The lowest BCUT2D eigenvalue weighted by molar-refractivity contribution is 0.0815. The maximum atomic E-state index is 6.45. The van der Waals surface area contributed by atoms with Gasteiger partial charge in [0, 0.05) is 53.9 Å². The minimum atomic E-state index is 0.311. The van der Waals surface area contributed by atoms with E-state index in [9.17, 15) is 0 Å². The van der Waals surface area contributed by atoms with E-state index in [0.717, 1.165) is 76.7 Å². The highest BCUT2D eigenvalue weighted by Gasteiger charge is 2.30. The predicted octanol–water partition coefficient (Wildman–Crippen LogP) is 6.54. The molecule has 1 aliphatic heterocycles. The first-order valence-electron chi connectivity index (χ1n) is 15.8. The number of nitrogen functional groups attached to an aromatic ring is 1. The fraction of sp³-hybridized carbons (Fsp3) is 0.412. The van der Waals surface area contributed by atoms with Crippen LogP contribution in [0.4, 0.5) is 16.6 Å². The number of benzene rings is 2. The molecule has 3 N–H and O–H groups in total. The summed E-state index contributed by atoms with van der Waals surface area (Å²) in [6.07, 6.45) is 7.07. The molecule has 10 heteroatoms. The molecule has 4 heterocycles. The lowest BCUT2D eigenvalue weighted by Crippen LogP contribution is -2.49. The van der Waals surface area contributed by atoms with Gasteiger partial charge in [-0.25, -0.2) is 19.6 Å².